The van der Waals surface area contributed by atoms with Gasteiger partial charge in [0.25, 0.3) is 0 Å². The topological polar surface area (TPSA) is 55.9 Å². The molecule has 1 N–H and O–H groups in total. The number of hydrogen-bond donors (Lipinski definition) is 1. The molecule has 0 aliphatic carbocycles. The highest BCUT2D eigenvalue weighted by Crippen LogP contribution is 2.39. The summed E-state index contributed by atoms with van der Waals surface area (Å²) >= 11 is 0. The highest BCUT2D eigenvalue weighted by atomic mass is 16.2. The van der Waals surface area contributed by atoms with Gasteiger partial charge in [-0.25, -0.2) is 4.79 Å². The minimum absolute atomic E-state index is 0.0559. The summed E-state index contributed by atoms with van der Waals surface area (Å²) in [7, 11) is 1.71. The van der Waals surface area contributed by atoms with Crippen molar-refractivity contribution in [3.63, 3.8) is 0 Å². The van der Waals surface area contributed by atoms with Gasteiger partial charge in [-0.2, -0.15) is 0 Å². The second kappa shape index (κ2) is 6.54. The van der Waals surface area contributed by atoms with Gasteiger partial charge < -0.3 is 15.1 Å². The van der Waals surface area contributed by atoms with Crippen LogP contribution in [0.3, 0.4) is 0 Å². The van der Waals surface area contributed by atoms with Gasteiger partial charge in [-0.05, 0) is 43.9 Å². The van der Waals surface area contributed by atoms with Gasteiger partial charge in [0.05, 0.1) is 0 Å². The van der Waals surface area contributed by atoms with Crippen molar-refractivity contribution in [1.29, 1.82) is 0 Å². The summed E-state index contributed by atoms with van der Waals surface area (Å²) in [5, 5.41) is 2.73. The smallest absolute Gasteiger partial charge is 0.317 e. The molecule has 6 heteroatoms. The second-order valence-electron chi connectivity index (χ2n) is 8.09. The number of hydrogen-bond acceptors (Lipinski definition) is 3. The minimum Gasteiger partial charge on any atom is -0.341 e. The zero-order valence-electron chi connectivity index (χ0n) is 14.7. The van der Waals surface area contributed by atoms with Crippen LogP contribution in [0.4, 0.5) is 4.79 Å². The SMILES string of the molecule is CNC(=O)N1CCC(N2C[C@H]3C[C@H](C2)[C@H]2CCCC(=O)N2C3)CC1. The molecule has 134 valence electrons. The van der Waals surface area contributed by atoms with Gasteiger partial charge in [0, 0.05) is 58.3 Å². The van der Waals surface area contributed by atoms with Gasteiger partial charge in [0.15, 0.2) is 0 Å². The molecule has 4 heterocycles. The van der Waals surface area contributed by atoms with Crippen molar-refractivity contribution >= 4 is 11.9 Å². The van der Waals surface area contributed by atoms with Gasteiger partial charge in [-0.1, -0.05) is 0 Å². The zero-order valence-corrected chi connectivity index (χ0v) is 14.7. The maximum atomic E-state index is 12.2. The second-order valence-corrected chi connectivity index (χ2v) is 8.09. The summed E-state index contributed by atoms with van der Waals surface area (Å²) in [6.07, 6.45) is 6.51. The van der Waals surface area contributed by atoms with E-state index in [4.69, 9.17) is 0 Å². The average molecular weight is 334 g/mol. The molecule has 24 heavy (non-hydrogen) atoms. The normalized spacial score (nSPS) is 34.9. The molecule has 3 amide bonds. The molecule has 0 aromatic heterocycles. The monoisotopic (exact) mass is 334 g/mol. The first-order valence-corrected chi connectivity index (χ1v) is 9.66. The van der Waals surface area contributed by atoms with Crippen LogP contribution < -0.4 is 5.32 Å². The number of fused-ring (bicyclic) bond motifs is 4. The van der Waals surface area contributed by atoms with E-state index in [1.807, 2.05) is 4.90 Å². The lowest BCUT2D eigenvalue weighted by atomic mass is 9.75. The molecular weight excluding hydrogens is 304 g/mol. The van der Waals surface area contributed by atoms with Crippen LogP contribution in [0.2, 0.25) is 0 Å². The molecule has 0 aromatic rings. The van der Waals surface area contributed by atoms with Crippen molar-refractivity contribution in [3.8, 4) is 0 Å². The maximum absolute atomic E-state index is 12.2. The van der Waals surface area contributed by atoms with E-state index in [9.17, 15) is 9.59 Å². The third-order valence-corrected chi connectivity index (χ3v) is 6.69. The quantitative estimate of drug-likeness (QED) is 0.782. The Hall–Kier alpha value is -1.30. The van der Waals surface area contributed by atoms with Crippen LogP contribution >= 0.6 is 0 Å². The Kier molecular flexibility index (Phi) is 4.41. The summed E-state index contributed by atoms with van der Waals surface area (Å²) in [4.78, 5) is 30.8. The number of nitrogens with one attached hydrogen (secondary N) is 1. The first kappa shape index (κ1) is 16.2. The van der Waals surface area contributed by atoms with Crippen molar-refractivity contribution in [2.45, 2.75) is 50.6 Å². The summed E-state index contributed by atoms with van der Waals surface area (Å²) in [5.74, 6) is 1.71. The molecule has 0 radical (unpaired) electrons. The van der Waals surface area contributed by atoms with E-state index in [2.05, 4.69) is 15.1 Å². The number of rotatable bonds is 1. The van der Waals surface area contributed by atoms with Crippen LogP contribution in [0.25, 0.3) is 0 Å². The third kappa shape index (κ3) is 2.89. The highest BCUT2D eigenvalue weighted by molar-refractivity contribution is 5.77. The molecule has 4 aliphatic rings. The maximum Gasteiger partial charge on any atom is 0.317 e. The minimum atomic E-state index is 0.0559. The van der Waals surface area contributed by atoms with Gasteiger partial charge in [0.2, 0.25) is 5.91 Å². The largest absolute Gasteiger partial charge is 0.341 e. The lowest BCUT2D eigenvalue weighted by molar-refractivity contribution is -0.145. The van der Waals surface area contributed by atoms with Crippen LogP contribution in [0.15, 0.2) is 0 Å². The van der Waals surface area contributed by atoms with Crippen LogP contribution in [0.1, 0.15) is 38.5 Å². The van der Waals surface area contributed by atoms with Crippen molar-refractivity contribution in [2.24, 2.45) is 11.8 Å². The average Bonchev–Trinajstić information content (AvgIpc) is 2.62. The molecule has 4 aliphatic heterocycles. The fraction of sp³-hybridized carbons (Fsp3) is 0.889. The Morgan fingerprint density at radius 3 is 2.67 bits per heavy atom. The molecule has 6 nitrogen and oxygen atoms in total. The molecule has 4 saturated heterocycles. The number of piperidine rings is 4. The lowest BCUT2D eigenvalue weighted by Crippen LogP contribution is -2.62. The van der Waals surface area contributed by atoms with Gasteiger partial charge >= 0.3 is 6.03 Å². The third-order valence-electron chi connectivity index (χ3n) is 6.69. The predicted octanol–water partition coefficient (Wildman–Crippen LogP) is 1.12. The number of nitrogens with zero attached hydrogens (tertiary/aromatic N) is 3. The van der Waals surface area contributed by atoms with E-state index in [0.717, 1.165) is 58.4 Å². The number of urea groups is 1. The number of carbonyl (C=O) groups excluding carboxylic acids is 2. The van der Waals surface area contributed by atoms with Crippen molar-refractivity contribution < 1.29 is 9.59 Å². The molecule has 0 aromatic carbocycles. The van der Waals surface area contributed by atoms with E-state index in [0.29, 0.717) is 29.8 Å². The van der Waals surface area contributed by atoms with Gasteiger partial charge in [0.1, 0.15) is 0 Å². The summed E-state index contributed by atoms with van der Waals surface area (Å²) < 4.78 is 0. The molecule has 0 spiro atoms. The van der Waals surface area contributed by atoms with E-state index in [1.165, 1.54) is 12.8 Å². The van der Waals surface area contributed by atoms with Gasteiger partial charge in [-0.3, -0.25) is 9.69 Å². The van der Waals surface area contributed by atoms with Crippen LogP contribution in [0.5, 0.6) is 0 Å². The first-order chi connectivity index (χ1) is 11.7. The summed E-state index contributed by atoms with van der Waals surface area (Å²) in [6, 6.07) is 1.17. The Balaban J connectivity index is 1.38. The number of likely N-dealkylation sites (tertiary alicyclic amines) is 2. The van der Waals surface area contributed by atoms with Gasteiger partial charge in [-0.15, -0.1) is 0 Å². The van der Waals surface area contributed by atoms with Crippen LogP contribution in [-0.4, -0.2) is 78.5 Å². The number of carbonyl (C=O) groups is 2. The molecule has 2 bridgehead atoms. The van der Waals surface area contributed by atoms with E-state index >= 15 is 0 Å². The van der Waals surface area contributed by atoms with Crippen molar-refractivity contribution in [3.05, 3.63) is 0 Å². The standard InChI is InChI=1S/C18H30N4O2/c1-19-18(24)20-7-5-15(6-8-20)21-10-13-9-14(12-21)16-3-2-4-17(23)22(16)11-13/h13-16H,2-12H2,1H3,(H,19,24)/t13-,14-,16-/m1/s1. The molecular formula is C18H30N4O2. The Bertz CT molecular complexity index is 503. The van der Waals surface area contributed by atoms with Crippen LogP contribution in [0, 0.1) is 11.8 Å². The fourth-order valence-electron chi connectivity index (χ4n) is 5.54. The molecule has 3 atom stereocenters. The van der Waals surface area contributed by atoms with Crippen molar-refractivity contribution in [1.82, 2.24) is 20.0 Å². The molecule has 4 rings (SSSR count). The Morgan fingerprint density at radius 1 is 1.12 bits per heavy atom. The molecule has 0 saturated carbocycles. The van der Waals surface area contributed by atoms with E-state index in [-0.39, 0.29) is 6.03 Å². The molecule has 0 unspecified atom stereocenters. The Labute approximate surface area is 144 Å². The number of amides is 3. The summed E-state index contributed by atoms with van der Waals surface area (Å²) in [5.41, 5.74) is 0. The molecule has 4 fully saturated rings. The zero-order chi connectivity index (χ0) is 16.7. The Morgan fingerprint density at radius 2 is 1.92 bits per heavy atom. The van der Waals surface area contributed by atoms with E-state index in [1.54, 1.807) is 7.05 Å². The lowest BCUT2D eigenvalue weighted by Gasteiger charge is -2.54. The predicted molar refractivity (Wildman–Crippen MR) is 91.6 cm³/mol. The highest BCUT2D eigenvalue weighted by Gasteiger charge is 2.45. The van der Waals surface area contributed by atoms with Crippen LogP contribution in [-0.2, 0) is 4.79 Å². The fourth-order valence-corrected chi connectivity index (χ4v) is 5.54. The summed E-state index contributed by atoms with van der Waals surface area (Å²) in [6.45, 7) is 5.00. The van der Waals surface area contributed by atoms with Crippen molar-refractivity contribution in [2.75, 3.05) is 39.8 Å². The van der Waals surface area contributed by atoms with E-state index < -0.39 is 0 Å². The first-order valence-electron chi connectivity index (χ1n) is 9.66.